The summed E-state index contributed by atoms with van der Waals surface area (Å²) in [6.45, 7) is 5.40. The molecule has 2 rings (SSSR count). The summed E-state index contributed by atoms with van der Waals surface area (Å²) in [4.78, 5) is 2.50. The van der Waals surface area contributed by atoms with Crippen molar-refractivity contribution in [2.75, 3.05) is 26.7 Å². The minimum Gasteiger partial charge on any atom is -0.496 e. The molecule has 1 aliphatic heterocycles. The van der Waals surface area contributed by atoms with Gasteiger partial charge in [0.15, 0.2) is 0 Å². The lowest BCUT2D eigenvalue weighted by atomic mass is 10.1. The van der Waals surface area contributed by atoms with Crippen LogP contribution >= 0.6 is 11.6 Å². The average Bonchev–Trinajstić information content (AvgIpc) is 2.67. The Labute approximate surface area is 121 Å². The van der Waals surface area contributed by atoms with E-state index in [-0.39, 0.29) is 5.38 Å². The van der Waals surface area contributed by atoms with Crippen molar-refractivity contribution in [3.8, 4) is 5.75 Å². The van der Waals surface area contributed by atoms with Gasteiger partial charge in [0.1, 0.15) is 5.75 Å². The third-order valence-corrected chi connectivity index (χ3v) is 4.29. The summed E-state index contributed by atoms with van der Waals surface area (Å²) in [5.74, 6) is 0.933. The molecular weight excluding hydrogens is 258 g/mol. The van der Waals surface area contributed by atoms with Crippen LogP contribution in [0.15, 0.2) is 18.2 Å². The molecule has 106 valence electrons. The van der Waals surface area contributed by atoms with Crippen molar-refractivity contribution in [3.05, 3.63) is 29.3 Å². The number of halogens is 1. The van der Waals surface area contributed by atoms with Crippen LogP contribution in [0.2, 0.25) is 0 Å². The molecule has 1 saturated heterocycles. The van der Waals surface area contributed by atoms with Crippen molar-refractivity contribution in [1.82, 2.24) is 4.90 Å². The second kappa shape index (κ2) is 7.16. The summed E-state index contributed by atoms with van der Waals surface area (Å²) in [6.07, 6.45) is 5.35. The Bertz CT molecular complexity index is 400. The van der Waals surface area contributed by atoms with Gasteiger partial charge < -0.3 is 9.64 Å². The van der Waals surface area contributed by atoms with Crippen molar-refractivity contribution in [1.29, 1.82) is 0 Å². The maximum absolute atomic E-state index is 6.58. The molecule has 0 amide bonds. The number of likely N-dealkylation sites (tertiary alicyclic amines) is 1. The number of aryl methyl sites for hydroxylation is 1. The van der Waals surface area contributed by atoms with Crippen LogP contribution in [0.4, 0.5) is 0 Å². The first-order valence-electron chi connectivity index (χ1n) is 7.21. The zero-order valence-electron chi connectivity index (χ0n) is 12.0. The van der Waals surface area contributed by atoms with E-state index in [1.807, 2.05) is 6.07 Å². The SMILES string of the molecule is COc1ccc(C(Cl)CN2CCCCCC2)cc1C. The number of ether oxygens (including phenoxy) is 1. The molecular formula is C16H24ClNO. The van der Waals surface area contributed by atoms with E-state index in [0.29, 0.717) is 0 Å². The molecule has 0 radical (unpaired) electrons. The predicted molar refractivity (Wildman–Crippen MR) is 81.2 cm³/mol. The lowest BCUT2D eigenvalue weighted by Gasteiger charge is -2.23. The highest BCUT2D eigenvalue weighted by atomic mass is 35.5. The first-order valence-corrected chi connectivity index (χ1v) is 7.65. The van der Waals surface area contributed by atoms with Gasteiger partial charge in [-0.25, -0.2) is 0 Å². The highest BCUT2D eigenvalue weighted by Crippen LogP contribution is 2.27. The average molecular weight is 282 g/mol. The quantitative estimate of drug-likeness (QED) is 0.769. The summed E-state index contributed by atoms with van der Waals surface area (Å²) < 4.78 is 5.29. The number of alkyl halides is 1. The van der Waals surface area contributed by atoms with Crippen LogP contribution in [-0.4, -0.2) is 31.6 Å². The van der Waals surface area contributed by atoms with E-state index in [4.69, 9.17) is 16.3 Å². The normalized spacial score (nSPS) is 18.9. The first kappa shape index (κ1) is 14.7. The number of benzene rings is 1. The zero-order valence-corrected chi connectivity index (χ0v) is 12.7. The molecule has 0 aromatic heterocycles. The minimum atomic E-state index is 0.0720. The number of hydrogen-bond acceptors (Lipinski definition) is 2. The van der Waals surface area contributed by atoms with E-state index >= 15 is 0 Å². The molecule has 19 heavy (non-hydrogen) atoms. The summed E-state index contributed by atoms with van der Waals surface area (Å²) in [7, 11) is 1.71. The molecule has 1 fully saturated rings. The fourth-order valence-corrected chi connectivity index (χ4v) is 3.08. The van der Waals surface area contributed by atoms with Gasteiger partial charge in [-0.3, -0.25) is 0 Å². The number of hydrogen-bond donors (Lipinski definition) is 0. The van der Waals surface area contributed by atoms with Gasteiger partial charge in [-0.2, -0.15) is 0 Å². The van der Waals surface area contributed by atoms with Gasteiger partial charge in [-0.15, -0.1) is 11.6 Å². The molecule has 1 aromatic carbocycles. The molecule has 1 aromatic rings. The molecule has 0 aliphatic carbocycles. The summed E-state index contributed by atoms with van der Waals surface area (Å²) >= 11 is 6.58. The Balaban J connectivity index is 1.98. The molecule has 0 N–H and O–H groups in total. The van der Waals surface area contributed by atoms with E-state index in [9.17, 15) is 0 Å². The Morgan fingerprint density at radius 3 is 2.47 bits per heavy atom. The molecule has 1 atom stereocenters. The summed E-state index contributed by atoms with van der Waals surface area (Å²) in [5.41, 5.74) is 2.35. The van der Waals surface area contributed by atoms with Crippen LogP contribution in [-0.2, 0) is 0 Å². The third kappa shape index (κ3) is 4.12. The lowest BCUT2D eigenvalue weighted by Crippen LogP contribution is -2.28. The van der Waals surface area contributed by atoms with E-state index in [1.165, 1.54) is 44.3 Å². The van der Waals surface area contributed by atoms with Gasteiger partial charge in [-0.05, 0) is 50.0 Å². The van der Waals surface area contributed by atoms with E-state index in [2.05, 4.69) is 24.0 Å². The number of nitrogens with zero attached hydrogens (tertiary/aromatic N) is 1. The molecule has 0 saturated carbocycles. The third-order valence-electron chi connectivity index (χ3n) is 3.90. The zero-order chi connectivity index (χ0) is 13.7. The van der Waals surface area contributed by atoms with E-state index in [1.54, 1.807) is 7.11 Å². The Kier molecular flexibility index (Phi) is 5.53. The van der Waals surface area contributed by atoms with Gasteiger partial charge in [0.25, 0.3) is 0 Å². The molecule has 0 bridgehead atoms. The molecule has 1 aliphatic rings. The second-order valence-corrected chi connectivity index (χ2v) is 5.94. The number of rotatable bonds is 4. The molecule has 2 nitrogen and oxygen atoms in total. The largest absolute Gasteiger partial charge is 0.496 e. The topological polar surface area (TPSA) is 12.5 Å². The smallest absolute Gasteiger partial charge is 0.121 e. The summed E-state index contributed by atoms with van der Waals surface area (Å²) in [6, 6.07) is 6.25. The van der Waals surface area contributed by atoms with Crippen LogP contribution in [0.25, 0.3) is 0 Å². The van der Waals surface area contributed by atoms with Crippen LogP contribution in [0.3, 0.4) is 0 Å². The predicted octanol–water partition coefficient (Wildman–Crippen LogP) is 4.16. The van der Waals surface area contributed by atoms with Crippen molar-refractivity contribution >= 4 is 11.6 Å². The van der Waals surface area contributed by atoms with Crippen LogP contribution in [0.5, 0.6) is 5.75 Å². The molecule has 0 spiro atoms. The molecule has 3 heteroatoms. The highest BCUT2D eigenvalue weighted by molar-refractivity contribution is 6.21. The standard InChI is InChI=1S/C16H24ClNO/c1-13-11-14(7-8-16(13)19-2)15(17)12-18-9-5-3-4-6-10-18/h7-8,11,15H,3-6,9-10,12H2,1-2H3. The van der Waals surface area contributed by atoms with Gasteiger partial charge in [0, 0.05) is 6.54 Å². The van der Waals surface area contributed by atoms with Crippen molar-refractivity contribution in [2.45, 2.75) is 38.0 Å². The molecule has 1 unspecified atom stereocenters. The van der Waals surface area contributed by atoms with Crippen LogP contribution in [0, 0.1) is 6.92 Å². The second-order valence-electron chi connectivity index (χ2n) is 5.41. The van der Waals surface area contributed by atoms with Crippen molar-refractivity contribution in [2.24, 2.45) is 0 Å². The maximum atomic E-state index is 6.58. The lowest BCUT2D eigenvalue weighted by molar-refractivity contribution is 0.285. The Morgan fingerprint density at radius 2 is 1.89 bits per heavy atom. The maximum Gasteiger partial charge on any atom is 0.121 e. The first-order chi connectivity index (χ1) is 9.20. The van der Waals surface area contributed by atoms with Crippen LogP contribution in [0.1, 0.15) is 42.2 Å². The fourth-order valence-electron chi connectivity index (χ4n) is 2.75. The Morgan fingerprint density at radius 1 is 1.21 bits per heavy atom. The van der Waals surface area contributed by atoms with E-state index in [0.717, 1.165) is 17.9 Å². The van der Waals surface area contributed by atoms with Crippen molar-refractivity contribution < 1.29 is 4.74 Å². The number of methoxy groups -OCH3 is 1. The van der Waals surface area contributed by atoms with Crippen LogP contribution < -0.4 is 4.74 Å². The minimum absolute atomic E-state index is 0.0720. The van der Waals surface area contributed by atoms with Gasteiger partial charge >= 0.3 is 0 Å². The van der Waals surface area contributed by atoms with E-state index < -0.39 is 0 Å². The van der Waals surface area contributed by atoms with Gasteiger partial charge in [0.2, 0.25) is 0 Å². The van der Waals surface area contributed by atoms with Gasteiger partial charge in [0.05, 0.1) is 12.5 Å². The monoisotopic (exact) mass is 281 g/mol. The highest BCUT2D eigenvalue weighted by Gasteiger charge is 2.16. The Hall–Kier alpha value is -0.730. The summed E-state index contributed by atoms with van der Waals surface area (Å²) in [5, 5.41) is 0.0720. The fraction of sp³-hybridized carbons (Fsp3) is 0.625. The van der Waals surface area contributed by atoms with Gasteiger partial charge in [-0.1, -0.05) is 25.0 Å². The van der Waals surface area contributed by atoms with Crippen molar-refractivity contribution in [3.63, 3.8) is 0 Å². The molecule has 1 heterocycles.